The standard InChI is InChI=1S/C13H18N6O/c1-17-4-5-18(10(6-14)9-17)13(20)11-7-16-19-3-2-15-8-12(11)19/h2-3,7-8,10H,4-6,9,14H2,1H3. The average molecular weight is 274 g/mol. The number of hydrogen-bond acceptors (Lipinski definition) is 5. The third kappa shape index (κ3) is 2.14. The highest BCUT2D eigenvalue weighted by Gasteiger charge is 2.30. The van der Waals surface area contributed by atoms with E-state index in [-0.39, 0.29) is 11.9 Å². The Hall–Kier alpha value is -1.99. The van der Waals surface area contributed by atoms with Gasteiger partial charge in [0.25, 0.3) is 5.91 Å². The molecule has 3 rings (SSSR count). The Balaban J connectivity index is 1.91. The van der Waals surface area contributed by atoms with Crippen molar-refractivity contribution in [3.05, 3.63) is 30.4 Å². The van der Waals surface area contributed by atoms with Crippen LogP contribution in [0.3, 0.4) is 0 Å². The second kappa shape index (κ2) is 5.18. The van der Waals surface area contributed by atoms with E-state index in [2.05, 4.69) is 15.0 Å². The lowest BCUT2D eigenvalue weighted by atomic mass is 10.1. The maximum Gasteiger partial charge on any atom is 0.258 e. The fourth-order valence-electron chi connectivity index (χ4n) is 2.63. The number of hydrogen-bond donors (Lipinski definition) is 1. The molecule has 1 aliphatic rings. The van der Waals surface area contributed by atoms with Gasteiger partial charge in [-0.05, 0) is 7.05 Å². The molecular weight excluding hydrogens is 256 g/mol. The molecule has 0 radical (unpaired) electrons. The molecule has 3 heterocycles. The van der Waals surface area contributed by atoms with Crippen LogP contribution in [-0.4, -0.2) is 69.6 Å². The normalized spacial score (nSPS) is 20.5. The van der Waals surface area contributed by atoms with E-state index in [9.17, 15) is 4.79 Å². The topological polar surface area (TPSA) is 79.8 Å². The molecular formula is C13H18N6O. The molecule has 7 heteroatoms. The molecule has 2 aromatic heterocycles. The molecule has 2 N–H and O–H groups in total. The molecule has 2 aromatic rings. The number of carbonyl (C=O) groups is 1. The lowest BCUT2D eigenvalue weighted by molar-refractivity contribution is 0.0518. The number of likely N-dealkylation sites (N-methyl/N-ethyl adjacent to an activating group) is 1. The number of nitrogens with zero attached hydrogens (tertiary/aromatic N) is 5. The summed E-state index contributed by atoms with van der Waals surface area (Å²) in [6.45, 7) is 2.82. The van der Waals surface area contributed by atoms with Gasteiger partial charge in [-0.15, -0.1) is 0 Å². The van der Waals surface area contributed by atoms with Crippen molar-refractivity contribution >= 4 is 11.4 Å². The zero-order valence-electron chi connectivity index (χ0n) is 11.4. The zero-order valence-corrected chi connectivity index (χ0v) is 11.4. The lowest BCUT2D eigenvalue weighted by Gasteiger charge is -2.39. The second-order valence-electron chi connectivity index (χ2n) is 5.11. The van der Waals surface area contributed by atoms with Crippen molar-refractivity contribution in [2.45, 2.75) is 6.04 Å². The van der Waals surface area contributed by atoms with E-state index >= 15 is 0 Å². The molecule has 0 aliphatic carbocycles. The van der Waals surface area contributed by atoms with Gasteiger partial charge in [-0.3, -0.25) is 9.78 Å². The first-order valence-corrected chi connectivity index (χ1v) is 6.67. The third-order valence-corrected chi connectivity index (χ3v) is 3.77. The van der Waals surface area contributed by atoms with E-state index in [1.165, 1.54) is 0 Å². The van der Waals surface area contributed by atoms with E-state index in [1.54, 1.807) is 29.3 Å². The molecule has 1 saturated heterocycles. The number of nitrogens with two attached hydrogens (primary N) is 1. The number of rotatable bonds is 2. The molecule has 1 aliphatic heterocycles. The summed E-state index contributed by atoms with van der Waals surface area (Å²) < 4.78 is 1.66. The van der Waals surface area contributed by atoms with Gasteiger partial charge in [-0.2, -0.15) is 5.10 Å². The summed E-state index contributed by atoms with van der Waals surface area (Å²) in [6, 6.07) is 0.0490. The van der Waals surface area contributed by atoms with Gasteiger partial charge in [-0.1, -0.05) is 0 Å². The number of fused-ring (bicyclic) bond motifs is 1. The van der Waals surface area contributed by atoms with E-state index in [4.69, 9.17) is 5.73 Å². The maximum atomic E-state index is 12.7. The van der Waals surface area contributed by atoms with Crippen molar-refractivity contribution in [1.29, 1.82) is 0 Å². The Labute approximate surface area is 117 Å². The predicted molar refractivity (Wildman–Crippen MR) is 74.4 cm³/mol. The fourth-order valence-corrected chi connectivity index (χ4v) is 2.63. The molecule has 0 bridgehead atoms. The van der Waals surface area contributed by atoms with Crippen molar-refractivity contribution in [2.75, 3.05) is 33.2 Å². The molecule has 20 heavy (non-hydrogen) atoms. The van der Waals surface area contributed by atoms with E-state index in [0.717, 1.165) is 18.6 Å². The first-order chi connectivity index (χ1) is 9.70. The summed E-state index contributed by atoms with van der Waals surface area (Å²) in [7, 11) is 2.05. The van der Waals surface area contributed by atoms with Gasteiger partial charge in [-0.25, -0.2) is 4.52 Å². The maximum absolute atomic E-state index is 12.7. The number of carbonyl (C=O) groups excluding carboxylic acids is 1. The highest BCUT2D eigenvalue weighted by molar-refractivity contribution is 6.00. The van der Waals surface area contributed by atoms with Crippen molar-refractivity contribution in [2.24, 2.45) is 5.73 Å². The molecule has 1 atom stereocenters. The van der Waals surface area contributed by atoms with Gasteiger partial charge in [0.1, 0.15) is 0 Å². The molecule has 0 saturated carbocycles. The molecule has 1 fully saturated rings. The van der Waals surface area contributed by atoms with Crippen LogP contribution in [0, 0.1) is 0 Å². The van der Waals surface area contributed by atoms with Crippen LogP contribution in [0.2, 0.25) is 0 Å². The van der Waals surface area contributed by atoms with Gasteiger partial charge in [0.05, 0.1) is 29.5 Å². The second-order valence-corrected chi connectivity index (χ2v) is 5.11. The third-order valence-electron chi connectivity index (χ3n) is 3.77. The number of amides is 1. The Morgan fingerprint density at radius 2 is 2.30 bits per heavy atom. The Kier molecular flexibility index (Phi) is 3.37. The van der Waals surface area contributed by atoms with E-state index in [1.807, 2.05) is 11.9 Å². The van der Waals surface area contributed by atoms with Crippen LogP contribution in [0.1, 0.15) is 10.4 Å². The van der Waals surface area contributed by atoms with Crippen LogP contribution in [0.5, 0.6) is 0 Å². The first-order valence-electron chi connectivity index (χ1n) is 6.67. The Morgan fingerprint density at radius 3 is 3.10 bits per heavy atom. The monoisotopic (exact) mass is 274 g/mol. The lowest BCUT2D eigenvalue weighted by Crippen LogP contribution is -2.56. The summed E-state index contributed by atoms with van der Waals surface area (Å²) in [5, 5.41) is 4.19. The average Bonchev–Trinajstić information content (AvgIpc) is 2.90. The molecule has 1 unspecified atom stereocenters. The van der Waals surface area contributed by atoms with Crippen LogP contribution >= 0.6 is 0 Å². The summed E-state index contributed by atoms with van der Waals surface area (Å²) in [4.78, 5) is 20.8. The van der Waals surface area contributed by atoms with Crippen LogP contribution < -0.4 is 5.73 Å². The molecule has 106 valence electrons. The van der Waals surface area contributed by atoms with E-state index in [0.29, 0.717) is 18.7 Å². The van der Waals surface area contributed by atoms with Gasteiger partial charge >= 0.3 is 0 Å². The van der Waals surface area contributed by atoms with Gasteiger partial charge in [0.15, 0.2) is 0 Å². The summed E-state index contributed by atoms with van der Waals surface area (Å²) in [5.41, 5.74) is 7.12. The quantitative estimate of drug-likeness (QED) is 0.794. The van der Waals surface area contributed by atoms with Gasteiger partial charge < -0.3 is 15.5 Å². The fraction of sp³-hybridized carbons (Fsp3) is 0.462. The van der Waals surface area contributed by atoms with Crippen molar-refractivity contribution < 1.29 is 4.79 Å². The smallest absolute Gasteiger partial charge is 0.258 e. The van der Waals surface area contributed by atoms with Crippen LogP contribution in [0.25, 0.3) is 5.52 Å². The predicted octanol–water partition coefficient (Wildman–Crippen LogP) is -0.556. The zero-order chi connectivity index (χ0) is 14.1. The molecule has 7 nitrogen and oxygen atoms in total. The van der Waals surface area contributed by atoms with E-state index < -0.39 is 0 Å². The highest BCUT2D eigenvalue weighted by atomic mass is 16.2. The molecule has 1 amide bonds. The molecule has 0 aromatic carbocycles. The van der Waals surface area contributed by atoms with Crippen molar-refractivity contribution in [1.82, 2.24) is 24.4 Å². The number of aromatic nitrogens is 3. The summed E-state index contributed by atoms with van der Waals surface area (Å²) in [6.07, 6.45) is 6.64. The number of piperazine rings is 1. The van der Waals surface area contributed by atoms with Gasteiger partial charge in [0.2, 0.25) is 0 Å². The summed E-state index contributed by atoms with van der Waals surface area (Å²) >= 11 is 0. The minimum atomic E-state index is -0.0171. The summed E-state index contributed by atoms with van der Waals surface area (Å²) in [5.74, 6) is -0.0171. The first kappa shape index (κ1) is 13.0. The van der Waals surface area contributed by atoms with Crippen LogP contribution in [0.15, 0.2) is 24.8 Å². The largest absolute Gasteiger partial charge is 0.332 e. The van der Waals surface area contributed by atoms with Crippen molar-refractivity contribution in [3.63, 3.8) is 0 Å². The van der Waals surface area contributed by atoms with Crippen molar-refractivity contribution in [3.8, 4) is 0 Å². The van der Waals surface area contributed by atoms with Gasteiger partial charge in [0, 0.05) is 38.6 Å². The SMILES string of the molecule is CN1CCN(C(=O)c2cnn3ccncc23)C(CN)C1. The van der Waals surface area contributed by atoms with Crippen LogP contribution in [-0.2, 0) is 0 Å². The van der Waals surface area contributed by atoms with Crippen LogP contribution in [0.4, 0.5) is 0 Å². The Bertz CT molecular complexity index is 624. The minimum absolute atomic E-state index is 0.0171. The highest BCUT2D eigenvalue weighted by Crippen LogP contribution is 2.16. The minimum Gasteiger partial charge on any atom is -0.332 e. The Morgan fingerprint density at radius 1 is 1.45 bits per heavy atom. The molecule has 0 spiro atoms.